The van der Waals surface area contributed by atoms with Gasteiger partial charge in [-0.05, 0) is 30.3 Å². The van der Waals surface area contributed by atoms with Crippen LogP contribution in [0.4, 0.5) is 17.5 Å². The number of rotatable bonds is 6. The van der Waals surface area contributed by atoms with Crippen LogP contribution in [-0.2, 0) is 9.84 Å². The van der Waals surface area contributed by atoms with Gasteiger partial charge in [0.15, 0.2) is 0 Å². The van der Waals surface area contributed by atoms with E-state index in [2.05, 4.69) is 14.9 Å². The van der Waals surface area contributed by atoms with Crippen LogP contribution in [0.5, 0.6) is 11.5 Å². The highest BCUT2D eigenvalue weighted by atomic mass is 35.5. The molecule has 0 atom stereocenters. The van der Waals surface area contributed by atoms with Crippen LogP contribution in [0.1, 0.15) is 0 Å². The topological polar surface area (TPSA) is 111 Å². The number of sulfone groups is 1. The summed E-state index contributed by atoms with van der Waals surface area (Å²) in [5.41, 5.74) is 7.13. The Morgan fingerprint density at radius 3 is 2.36 bits per heavy atom. The van der Waals surface area contributed by atoms with Crippen molar-refractivity contribution < 1.29 is 17.9 Å². The molecule has 2 N–H and O–H groups in total. The standard InChI is InChI=1S/C22H24ClN5O4S/c1-31-16-5-3-4-15(12-16)27-8-10-28(11-9-27)22-25-14-20(21(24)26-22)33(29,30)17-6-7-19(32-2)18(23)13-17/h3-7,12-14H,8-11H2,1-2H3,(H2,24,25,26). The Hall–Kier alpha value is -3.24. The van der Waals surface area contributed by atoms with Gasteiger partial charge in [-0.25, -0.2) is 13.4 Å². The quantitative estimate of drug-likeness (QED) is 0.558. The number of halogens is 1. The molecule has 11 heteroatoms. The van der Waals surface area contributed by atoms with Gasteiger partial charge in [-0.3, -0.25) is 0 Å². The molecule has 1 aliphatic rings. The molecule has 33 heavy (non-hydrogen) atoms. The van der Waals surface area contributed by atoms with Crippen molar-refractivity contribution in [2.24, 2.45) is 0 Å². The first-order valence-corrected chi connectivity index (χ1v) is 12.0. The highest BCUT2D eigenvalue weighted by Gasteiger charge is 2.26. The second kappa shape index (κ2) is 9.32. The molecule has 4 rings (SSSR count). The number of anilines is 3. The average Bonchev–Trinajstić information content (AvgIpc) is 2.84. The summed E-state index contributed by atoms with van der Waals surface area (Å²) < 4.78 is 36.5. The van der Waals surface area contributed by atoms with Gasteiger partial charge in [-0.1, -0.05) is 17.7 Å². The van der Waals surface area contributed by atoms with Crippen molar-refractivity contribution in [1.82, 2.24) is 9.97 Å². The van der Waals surface area contributed by atoms with E-state index >= 15 is 0 Å². The summed E-state index contributed by atoms with van der Waals surface area (Å²) in [6, 6.07) is 12.1. The molecule has 9 nitrogen and oxygen atoms in total. The number of methoxy groups -OCH3 is 2. The molecule has 1 saturated heterocycles. The fourth-order valence-electron chi connectivity index (χ4n) is 3.65. The predicted octanol–water partition coefficient (Wildman–Crippen LogP) is 2.89. The highest BCUT2D eigenvalue weighted by Crippen LogP contribution is 2.32. The van der Waals surface area contributed by atoms with Gasteiger partial charge in [0, 0.05) is 37.9 Å². The zero-order valence-electron chi connectivity index (χ0n) is 18.2. The molecule has 0 bridgehead atoms. The highest BCUT2D eigenvalue weighted by molar-refractivity contribution is 7.91. The normalized spacial score (nSPS) is 14.3. The maximum absolute atomic E-state index is 13.1. The first kappa shape index (κ1) is 22.9. The third kappa shape index (κ3) is 4.62. The minimum absolute atomic E-state index is 0.0109. The summed E-state index contributed by atoms with van der Waals surface area (Å²) >= 11 is 6.09. The molecular formula is C22H24ClN5O4S. The summed E-state index contributed by atoms with van der Waals surface area (Å²) in [4.78, 5) is 12.6. The van der Waals surface area contributed by atoms with Crippen LogP contribution in [0.25, 0.3) is 0 Å². The van der Waals surface area contributed by atoms with E-state index in [0.717, 1.165) is 24.5 Å². The Morgan fingerprint density at radius 1 is 1.00 bits per heavy atom. The number of nitrogen functional groups attached to an aromatic ring is 1. The van der Waals surface area contributed by atoms with E-state index in [0.29, 0.717) is 24.8 Å². The zero-order valence-corrected chi connectivity index (χ0v) is 19.8. The molecule has 0 aliphatic carbocycles. The summed E-state index contributed by atoms with van der Waals surface area (Å²) in [5, 5.41) is 0.184. The van der Waals surface area contributed by atoms with Crippen molar-refractivity contribution in [3.8, 4) is 11.5 Å². The number of nitrogens with zero attached hydrogens (tertiary/aromatic N) is 4. The van der Waals surface area contributed by atoms with Crippen molar-refractivity contribution in [2.45, 2.75) is 9.79 Å². The van der Waals surface area contributed by atoms with Crippen LogP contribution in [0, 0.1) is 0 Å². The summed E-state index contributed by atoms with van der Waals surface area (Å²) in [6.07, 6.45) is 1.25. The average molecular weight is 490 g/mol. The molecule has 174 valence electrons. The summed E-state index contributed by atoms with van der Waals surface area (Å²) in [6.45, 7) is 2.83. The molecular weight excluding hydrogens is 466 g/mol. The molecule has 0 saturated carbocycles. The molecule has 2 aromatic carbocycles. The Morgan fingerprint density at radius 2 is 1.73 bits per heavy atom. The maximum Gasteiger partial charge on any atom is 0.227 e. The lowest BCUT2D eigenvalue weighted by Crippen LogP contribution is -2.47. The van der Waals surface area contributed by atoms with E-state index in [1.165, 1.54) is 31.5 Å². The number of piperazine rings is 1. The smallest absolute Gasteiger partial charge is 0.227 e. The van der Waals surface area contributed by atoms with Crippen LogP contribution in [0.15, 0.2) is 58.5 Å². The summed E-state index contributed by atoms with van der Waals surface area (Å²) in [5.74, 6) is 1.47. The van der Waals surface area contributed by atoms with Crippen molar-refractivity contribution >= 4 is 38.9 Å². The maximum atomic E-state index is 13.1. The van der Waals surface area contributed by atoms with Crippen LogP contribution in [0.3, 0.4) is 0 Å². The fraction of sp³-hybridized carbons (Fsp3) is 0.273. The van der Waals surface area contributed by atoms with E-state index in [-0.39, 0.29) is 20.6 Å². The lowest BCUT2D eigenvalue weighted by molar-refractivity contribution is 0.414. The molecule has 0 unspecified atom stereocenters. The Balaban J connectivity index is 1.50. The van der Waals surface area contributed by atoms with Crippen molar-refractivity contribution in [3.63, 3.8) is 0 Å². The third-order valence-electron chi connectivity index (χ3n) is 5.47. The fourth-order valence-corrected chi connectivity index (χ4v) is 5.26. The minimum atomic E-state index is -3.94. The predicted molar refractivity (Wildman–Crippen MR) is 127 cm³/mol. The first-order chi connectivity index (χ1) is 15.8. The van der Waals surface area contributed by atoms with E-state index in [1.807, 2.05) is 29.2 Å². The molecule has 0 spiro atoms. The second-order valence-corrected chi connectivity index (χ2v) is 9.72. The van der Waals surface area contributed by atoms with Crippen LogP contribution < -0.4 is 25.0 Å². The Kier molecular flexibility index (Phi) is 6.48. The largest absolute Gasteiger partial charge is 0.497 e. The molecule has 1 aromatic heterocycles. The van der Waals surface area contributed by atoms with Gasteiger partial charge in [-0.15, -0.1) is 0 Å². The molecule has 1 aliphatic heterocycles. The van der Waals surface area contributed by atoms with E-state index in [9.17, 15) is 8.42 Å². The van der Waals surface area contributed by atoms with Gasteiger partial charge >= 0.3 is 0 Å². The summed E-state index contributed by atoms with van der Waals surface area (Å²) in [7, 11) is -0.845. The number of nitrogens with two attached hydrogens (primary N) is 1. The molecule has 0 amide bonds. The molecule has 3 aromatic rings. The van der Waals surface area contributed by atoms with Crippen molar-refractivity contribution in [2.75, 3.05) is 55.9 Å². The Bertz CT molecular complexity index is 1260. The van der Waals surface area contributed by atoms with Gasteiger partial charge in [0.05, 0.1) is 30.3 Å². The van der Waals surface area contributed by atoms with Crippen molar-refractivity contribution in [1.29, 1.82) is 0 Å². The van der Waals surface area contributed by atoms with E-state index < -0.39 is 9.84 Å². The van der Waals surface area contributed by atoms with Crippen LogP contribution in [-0.4, -0.2) is 58.8 Å². The SMILES string of the molecule is COc1cccc(N2CCN(c3ncc(S(=O)(=O)c4ccc(OC)c(Cl)c4)c(N)n3)CC2)c1. The van der Waals surface area contributed by atoms with E-state index in [1.54, 1.807) is 7.11 Å². The zero-order chi connectivity index (χ0) is 23.6. The lowest BCUT2D eigenvalue weighted by atomic mass is 10.2. The Labute approximate surface area is 197 Å². The molecule has 1 fully saturated rings. The monoisotopic (exact) mass is 489 g/mol. The van der Waals surface area contributed by atoms with Gasteiger partial charge in [0.1, 0.15) is 22.2 Å². The van der Waals surface area contributed by atoms with Gasteiger partial charge in [0.25, 0.3) is 0 Å². The number of aromatic nitrogens is 2. The molecule has 2 heterocycles. The number of hydrogen-bond acceptors (Lipinski definition) is 9. The van der Waals surface area contributed by atoms with Gasteiger partial charge in [-0.2, -0.15) is 4.98 Å². The van der Waals surface area contributed by atoms with Crippen LogP contribution >= 0.6 is 11.6 Å². The first-order valence-electron chi connectivity index (χ1n) is 10.2. The number of benzene rings is 2. The number of ether oxygens (including phenoxy) is 2. The second-order valence-electron chi connectivity index (χ2n) is 7.39. The van der Waals surface area contributed by atoms with Crippen molar-refractivity contribution in [3.05, 3.63) is 53.7 Å². The minimum Gasteiger partial charge on any atom is -0.497 e. The van der Waals surface area contributed by atoms with Gasteiger partial charge in [0.2, 0.25) is 15.8 Å². The molecule has 0 radical (unpaired) electrons. The van der Waals surface area contributed by atoms with E-state index in [4.69, 9.17) is 26.8 Å². The number of hydrogen-bond donors (Lipinski definition) is 1. The van der Waals surface area contributed by atoms with Gasteiger partial charge < -0.3 is 25.0 Å². The third-order valence-corrected chi connectivity index (χ3v) is 7.54. The lowest BCUT2D eigenvalue weighted by Gasteiger charge is -2.36. The van der Waals surface area contributed by atoms with Crippen LogP contribution in [0.2, 0.25) is 5.02 Å².